The van der Waals surface area contributed by atoms with Crippen molar-refractivity contribution in [3.8, 4) is 11.4 Å². The van der Waals surface area contributed by atoms with Gasteiger partial charge in [0.25, 0.3) is 5.91 Å². The Balaban J connectivity index is 1.67. The first-order valence-corrected chi connectivity index (χ1v) is 7.38. The average Bonchev–Trinajstić information content (AvgIpc) is 3.16. The highest BCUT2D eigenvalue weighted by atomic mass is 35.5. The highest BCUT2D eigenvalue weighted by Gasteiger charge is 2.11. The van der Waals surface area contributed by atoms with Gasteiger partial charge in [-0.2, -0.15) is 4.98 Å². The molecule has 106 valence electrons. The number of hydrogen-bond donors (Lipinski definition) is 1. The fourth-order valence-electron chi connectivity index (χ4n) is 1.72. The molecule has 0 aliphatic carbocycles. The molecule has 0 aliphatic rings. The summed E-state index contributed by atoms with van der Waals surface area (Å²) in [5, 5.41) is 9.05. The van der Waals surface area contributed by atoms with E-state index in [4.69, 9.17) is 16.1 Å². The molecule has 1 N–H and O–H groups in total. The van der Waals surface area contributed by atoms with E-state index < -0.39 is 0 Å². The van der Waals surface area contributed by atoms with Gasteiger partial charge in [-0.15, -0.1) is 11.3 Å². The molecular formula is C14H10ClN3O2S. The molecule has 0 aliphatic heterocycles. The number of carbonyl (C=O) groups excluding carboxylic acids is 1. The minimum Gasteiger partial charge on any atom is -0.342 e. The lowest BCUT2D eigenvalue weighted by Crippen LogP contribution is -2.21. The van der Waals surface area contributed by atoms with Gasteiger partial charge in [-0.3, -0.25) is 4.79 Å². The summed E-state index contributed by atoms with van der Waals surface area (Å²) in [6, 6.07) is 10.7. The minimum absolute atomic E-state index is 0.160. The van der Waals surface area contributed by atoms with Gasteiger partial charge >= 0.3 is 0 Å². The molecule has 0 unspecified atom stereocenters. The van der Waals surface area contributed by atoms with Gasteiger partial charge in [0.2, 0.25) is 11.7 Å². The number of halogens is 1. The van der Waals surface area contributed by atoms with Crippen molar-refractivity contribution >= 4 is 28.8 Å². The Kier molecular flexibility index (Phi) is 3.98. The van der Waals surface area contributed by atoms with E-state index in [2.05, 4.69) is 15.5 Å². The molecule has 0 fully saturated rings. The molecule has 5 nitrogen and oxygen atoms in total. The Hall–Kier alpha value is -2.18. The van der Waals surface area contributed by atoms with Crippen LogP contribution < -0.4 is 5.32 Å². The third kappa shape index (κ3) is 3.29. The van der Waals surface area contributed by atoms with Crippen LogP contribution in [0, 0.1) is 0 Å². The number of benzene rings is 1. The predicted octanol–water partition coefficient (Wildman–Crippen LogP) is 3.38. The van der Waals surface area contributed by atoms with E-state index >= 15 is 0 Å². The van der Waals surface area contributed by atoms with Gasteiger partial charge in [0.15, 0.2) is 0 Å². The number of hydrogen-bond acceptors (Lipinski definition) is 5. The highest BCUT2D eigenvalue weighted by Crippen LogP contribution is 2.19. The summed E-state index contributed by atoms with van der Waals surface area (Å²) in [5.41, 5.74) is 0.766. The van der Waals surface area contributed by atoms with Crippen LogP contribution in [0.25, 0.3) is 11.4 Å². The van der Waals surface area contributed by atoms with Crippen molar-refractivity contribution in [2.75, 3.05) is 0 Å². The zero-order valence-electron chi connectivity index (χ0n) is 10.7. The molecule has 3 aromatic rings. The summed E-state index contributed by atoms with van der Waals surface area (Å²) in [7, 11) is 0. The SMILES string of the molecule is O=C(NCc1nc(-c2cccc(Cl)c2)no1)c1cccs1. The fourth-order valence-corrected chi connectivity index (χ4v) is 2.55. The second-order valence-electron chi connectivity index (χ2n) is 4.18. The summed E-state index contributed by atoms with van der Waals surface area (Å²) in [4.78, 5) is 16.7. The Bertz CT molecular complexity index is 755. The standard InChI is InChI=1S/C14H10ClN3O2S/c15-10-4-1-3-9(7-10)13-17-12(20-18-13)8-16-14(19)11-5-2-6-21-11/h1-7H,8H2,(H,16,19). The molecule has 1 aromatic carbocycles. The smallest absolute Gasteiger partial charge is 0.261 e. The number of amides is 1. The first kappa shape index (κ1) is 13.8. The molecule has 0 saturated heterocycles. The first-order valence-electron chi connectivity index (χ1n) is 6.12. The molecule has 0 bridgehead atoms. The predicted molar refractivity (Wildman–Crippen MR) is 80.2 cm³/mol. The zero-order chi connectivity index (χ0) is 14.7. The van der Waals surface area contributed by atoms with Crippen LogP contribution >= 0.6 is 22.9 Å². The topological polar surface area (TPSA) is 68.0 Å². The van der Waals surface area contributed by atoms with Gasteiger partial charge < -0.3 is 9.84 Å². The molecule has 2 heterocycles. The number of carbonyl (C=O) groups is 1. The van der Waals surface area contributed by atoms with Gasteiger partial charge in [0.1, 0.15) is 0 Å². The Labute approximate surface area is 129 Å². The number of thiophene rings is 1. The maximum atomic E-state index is 11.8. The average molecular weight is 320 g/mol. The number of rotatable bonds is 4. The highest BCUT2D eigenvalue weighted by molar-refractivity contribution is 7.12. The van der Waals surface area contributed by atoms with E-state index in [1.807, 2.05) is 23.6 Å². The van der Waals surface area contributed by atoms with Crippen LogP contribution in [0.5, 0.6) is 0 Å². The van der Waals surface area contributed by atoms with E-state index in [9.17, 15) is 4.79 Å². The normalized spacial score (nSPS) is 10.5. The maximum absolute atomic E-state index is 11.8. The maximum Gasteiger partial charge on any atom is 0.261 e. The first-order chi connectivity index (χ1) is 10.2. The fraction of sp³-hybridized carbons (Fsp3) is 0.0714. The van der Waals surface area contributed by atoms with Crippen LogP contribution in [0.1, 0.15) is 15.6 Å². The molecular weight excluding hydrogens is 310 g/mol. The van der Waals surface area contributed by atoms with E-state index in [1.54, 1.807) is 18.2 Å². The number of nitrogens with one attached hydrogen (secondary N) is 1. The molecule has 0 atom stereocenters. The number of aromatic nitrogens is 2. The summed E-state index contributed by atoms with van der Waals surface area (Å²) in [5.74, 6) is 0.625. The molecule has 7 heteroatoms. The van der Waals surface area contributed by atoms with E-state index in [-0.39, 0.29) is 12.5 Å². The van der Waals surface area contributed by atoms with Crippen LogP contribution in [0.15, 0.2) is 46.3 Å². The van der Waals surface area contributed by atoms with Crippen molar-refractivity contribution in [3.63, 3.8) is 0 Å². The number of nitrogens with zero attached hydrogens (tertiary/aromatic N) is 2. The van der Waals surface area contributed by atoms with E-state index in [0.29, 0.717) is 21.6 Å². The van der Waals surface area contributed by atoms with Crippen molar-refractivity contribution in [1.82, 2.24) is 15.5 Å². The quantitative estimate of drug-likeness (QED) is 0.800. The van der Waals surface area contributed by atoms with Crippen LogP contribution in [0.3, 0.4) is 0 Å². The third-order valence-electron chi connectivity index (χ3n) is 2.70. The molecule has 2 aromatic heterocycles. The van der Waals surface area contributed by atoms with Crippen LogP contribution in [0.2, 0.25) is 5.02 Å². The van der Waals surface area contributed by atoms with Gasteiger partial charge in [-0.25, -0.2) is 0 Å². The molecule has 0 saturated carbocycles. The molecule has 3 rings (SSSR count). The lowest BCUT2D eigenvalue weighted by atomic mass is 10.2. The Morgan fingerprint density at radius 2 is 2.24 bits per heavy atom. The van der Waals surface area contributed by atoms with Crippen molar-refractivity contribution < 1.29 is 9.32 Å². The van der Waals surface area contributed by atoms with Crippen molar-refractivity contribution in [2.24, 2.45) is 0 Å². The van der Waals surface area contributed by atoms with Crippen LogP contribution in [-0.2, 0) is 6.54 Å². The lowest BCUT2D eigenvalue weighted by Gasteiger charge is -1.98. The molecule has 0 spiro atoms. The third-order valence-corrected chi connectivity index (χ3v) is 3.80. The van der Waals surface area contributed by atoms with Gasteiger partial charge in [0, 0.05) is 10.6 Å². The van der Waals surface area contributed by atoms with Gasteiger partial charge in [-0.1, -0.05) is 35.0 Å². The summed E-state index contributed by atoms with van der Waals surface area (Å²) >= 11 is 7.30. The van der Waals surface area contributed by atoms with Gasteiger partial charge in [0.05, 0.1) is 11.4 Å². The van der Waals surface area contributed by atoms with E-state index in [0.717, 1.165) is 5.56 Å². The summed E-state index contributed by atoms with van der Waals surface area (Å²) in [6.45, 7) is 0.185. The molecule has 21 heavy (non-hydrogen) atoms. The minimum atomic E-state index is -0.160. The van der Waals surface area contributed by atoms with Crippen molar-refractivity contribution in [2.45, 2.75) is 6.54 Å². The Morgan fingerprint density at radius 1 is 1.33 bits per heavy atom. The zero-order valence-corrected chi connectivity index (χ0v) is 12.3. The molecule has 1 amide bonds. The Morgan fingerprint density at radius 3 is 3.00 bits per heavy atom. The van der Waals surface area contributed by atoms with Crippen LogP contribution in [-0.4, -0.2) is 16.0 Å². The monoisotopic (exact) mass is 319 g/mol. The second kappa shape index (κ2) is 6.07. The summed E-state index contributed by atoms with van der Waals surface area (Å²) in [6.07, 6.45) is 0. The van der Waals surface area contributed by atoms with Crippen molar-refractivity contribution in [1.29, 1.82) is 0 Å². The molecule has 0 radical (unpaired) electrons. The van der Waals surface area contributed by atoms with Crippen LogP contribution in [0.4, 0.5) is 0 Å². The summed E-state index contributed by atoms with van der Waals surface area (Å²) < 4.78 is 5.11. The van der Waals surface area contributed by atoms with Crippen molar-refractivity contribution in [3.05, 3.63) is 57.6 Å². The second-order valence-corrected chi connectivity index (χ2v) is 5.57. The van der Waals surface area contributed by atoms with Gasteiger partial charge in [-0.05, 0) is 23.6 Å². The largest absolute Gasteiger partial charge is 0.342 e. The lowest BCUT2D eigenvalue weighted by molar-refractivity contribution is 0.0950. The van der Waals surface area contributed by atoms with E-state index in [1.165, 1.54) is 11.3 Å².